The maximum atomic E-state index is 12.3. The first-order valence-corrected chi connectivity index (χ1v) is 7.12. The number of hydrogen-bond acceptors (Lipinski definition) is 3. The fourth-order valence-electron chi connectivity index (χ4n) is 2.19. The van der Waals surface area contributed by atoms with E-state index in [4.69, 9.17) is 5.73 Å². The lowest BCUT2D eigenvalue weighted by molar-refractivity contribution is -0.132. The Hall–Kier alpha value is -1.42. The average molecular weight is 261 g/mol. The Balaban J connectivity index is 1.87. The van der Waals surface area contributed by atoms with Gasteiger partial charge >= 0.3 is 0 Å². The molecule has 0 radical (unpaired) electrons. The summed E-state index contributed by atoms with van der Waals surface area (Å²) < 4.78 is 0. The van der Waals surface area contributed by atoms with Gasteiger partial charge in [-0.1, -0.05) is 6.07 Å². The lowest BCUT2D eigenvalue weighted by Gasteiger charge is -2.22. The minimum Gasteiger partial charge on any atom is -0.334 e. The molecule has 0 aromatic carbocycles. The van der Waals surface area contributed by atoms with Gasteiger partial charge in [-0.25, -0.2) is 0 Å². The number of pyridine rings is 1. The first-order chi connectivity index (χ1) is 9.16. The average Bonchev–Trinajstić information content (AvgIpc) is 3.21. The van der Waals surface area contributed by atoms with Gasteiger partial charge in [0.15, 0.2) is 0 Å². The van der Waals surface area contributed by atoms with E-state index < -0.39 is 0 Å². The van der Waals surface area contributed by atoms with Crippen LogP contribution >= 0.6 is 0 Å². The van der Waals surface area contributed by atoms with E-state index in [2.05, 4.69) is 4.98 Å². The van der Waals surface area contributed by atoms with E-state index in [1.807, 2.05) is 30.0 Å². The summed E-state index contributed by atoms with van der Waals surface area (Å²) in [7, 11) is 0. The summed E-state index contributed by atoms with van der Waals surface area (Å²) in [5, 5.41) is 0. The molecular weight excluding hydrogens is 238 g/mol. The molecule has 1 amide bonds. The molecule has 1 atom stereocenters. The minimum absolute atomic E-state index is 0.179. The highest BCUT2D eigenvalue weighted by Crippen LogP contribution is 2.29. The van der Waals surface area contributed by atoms with Crippen LogP contribution in [0, 0.1) is 0 Å². The Kier molecular flexibility index (Phi) is 4.91. The Morgan fingerprint density at radius 3 is 2.89 bits per heavy atom. The van der Waals surface area contributed by atoms with E-state index in [0.29, 0.717) is 19.0 Å². The van der Waals surface area contributed by atoms with Crippen LogP contribution < -0.4 is 5.73 Å². The van der Waals surface area contributed by atoms with Gasteiger partial charge in [0.2, 0.25) is 5.91 Å². The van der Waals surface area contributed by atoms with Crippen molar-refractivity contribution in [3.63, 3.8) is 0 Å². The Bertz CT molecular complexity index is 401. The smallest absolute Gasteiger partial charge is 0.223 e. The van der Waals surface area contributed by atoms with Crippen LogP contribution in [-0.4, -0.2) is 27.9 Å². The number of rotatable bonds is 7. The third kappa shape index (κ3) is 4.63. The predicted octanol–water partition coefficient (Wildman–Crippen LogP) is 2.09. The zero-order valence-electron chi connectivity index (χ0n) is 11.6. The molecule has 19 heavy (non-hydrogen) atoms. The van der Waals surface area contributed by atoms with Gasteiger partial charge in [0.1, 0.15) is 0 Å². The molecule has 0 spiro atoms. The van der Waals surface area contributed by atoms with Crippen molar-refractivity contribution in [2.45, 2.75) is 57.7 Å². The van der Waals surface area contributed by atoms with Gasteiger partial charge in [-0.2, -0.15) is 0 Å². The molecule has 104 valence electrons. The van der Waals surface area contributed by atoms with E-state index in [1.165, 1.54) is 0 Å². The van der Waals surface area contributed by atoms with Crippen LogP contribution in [0.2, 0.25) is 0 Å². The Morgan fingerprint density at radius 2 is 2.32 bits per heavy atom. The van der Waals surface area contributed by atoms with Crippen molar-refractivity contribution in [2.75, 3.05) is 0 Å². The van der Waals surface area contributed by atoms with Crippen LogP contribution in [0.5, 0.6) is 0 Å². The van der Waals surface area contributed by atoms with Crippen LogP contribution in [0.3, 0.4) is 0 Å². The van der Waals surface area contributed by atoms with E-state index in [1.54, 1.807) is 6.20 Å². The van der Waals surface area contributed by atoms with E-state index in [0.717, 1.165) is 31.4 Å². The molecule has 4 nitrogen and oxygen atoms in total. The topological polar surface area (TPSA) is 59.2 Å². The number of amides is 1. The monoisotopic (exact) mass is 261 g/mol. The van der Waals surface area contributed by atoms with Crippen LogP contribution in [0.4, 0.5) is 0 Å². The van der Waals surface area contributed by atoms with Crippen molar-refractivity contribution in [3.8, 4) is 0 Å². The van der Waals surface area contributed by atoms with E-state index >= 15 is 0 Å². The van der Waals surface area contributed by atoms with E-state index in [9.17, 15) is 4.79 Å². The molecule has 0 aliphatic heterocycles. The number of carbonyl (C=O) groups is 1. The molecule has 4 heteroatoms. The van der Waals surface area contributed by atoms with Crippen molar-refractivity contribution < 1.29 is 4.79 Å². The molecule has 1 heterocycles. The molecule has 1 unspecified atom stereocenters. The molecule has 1 fully saturated rings. The first-order valence-electron chi connectivity index (χ1n) is 7.12. The van der Waals surface area contributed by atoms with Crippen molar-refractivity contribution >= 4 is 5.91 Å². The summed E-state index contributed by atoms with van der Waals surface area (Å²) in [5.74, 6) is 0.244. The highest BCUT2D eigenvalue weighted by molar-refractivity contribution is 5.76. The van der Waals surface area contributed by atoms with Gasteiger partial charge in [0, 0.05) is 24.7 Å². The molecule has 1 aromatic rings. The van der Waals surface area contributed by atoms with Crippen molar-refractivity contribution in [1.29, 1.82) is 0 Å². The highest BCUT2D eigenvalue weighted by atomic mass is 16.2. The number of nitrogens with two attached hydrogens (primary N) is 1. The summed E-state index contributed by atoms with van der Waals surface area (Å²) in [6.07, 6.45) is 6.43. The third-order valence-electron chi connectivity index (χ3n) is 3.42. The van der Waals surface area contributed by atoms with Gasteiger partial charge in [-0.15, -0.1) is 0 Å². The second-order valence-corrected chi connectivity index (χ2v) is 5.44. The SMILES string of the molecule is CC(N)CCCC(=O)N(Cc1ccccn1)C1CC1. The van der Waals surface area contributed by atoms with Crippen molar-refractivity contribution in [2.24, 2.45) is 5.73 Å². The van der Waals surface area contributed by atoms with Crippen molar-refractivity contribution in [1.82, 2.24) is 9.88 Å². The summed E-state index contributed by atoms with van der Waals surface area (Å²) >= 11 is 0. The van der Waals surface area contributed by atoms with Gasteiger partial charge < -0.3 is 10.6 Å². The maximum absolute atomic E-state index is 12.3. The molecule has 1 aliphatic carbocycles. The number of aromatic nitrogens is 1. The minimum atomic E-state index is 0.179. The molecule has 2 rings (SSSR count). The summed E-state index contributed by atoms with van der Waals surface area (Å²) in [6.45, 7) is 2.62. The standard InChI is InChI=1S/C15H23N3O/c1-12(16)5-4-7-15(19)18(14-8-9-14)11-13-6-2-3-10-17-13/h2-3,6,10,12,14H,4-5,7-9,11,16H2,1H3. The number of nitrogens with zero attached hydrogens (tertiary/aromatic N) is 2. The van der Waals surface area contributed by atoms with Crippen LogP contribution in [0.1, 0.15) is 44.7 Å². The highest BCUT2D eigenvalue weighted by Gasteiger charge is 2.32. The quantitative estimate of drug-likeness (QED) is 0.817. The summed E-state index contributed by atoms with van der Waals surface area (Å²) in [6, 6.07) is 6.45. The number of hydrogen-bond donors (Lipinski definition) is 1. The van der Waals surface area contributed by atoms with Gasteiger partial charge in [-0.05, 0) is 44.7 Å². The molecule has 1 saturated carbocycles. The molecule has 0 bridgehead atoms. The molecule has 0 saturated heterocycles. The Morgan fingerprint density at radius 1 is 1.53 bits per heavy atom. The molecule has 1 aliphatic rings. The number of carbonyl (C=O) groups excluding carboxylic acids is 1. The first kappa shape index (κ1) is 14.0. The zero-order chi connectivity index (χ0) is 13.7. The normalized spacial score (nSPS) is 16.1. The van der Waals surface area contributed by atoms with E-state index in [-0.39, 0.29) is 11.9 Å². The summed E-state index contributed by atoms with van der Waals surface area (Å²) in [5.41, 5.74) is 6.68. The Labute approximate surface area is 115 Å². The van der Waals surface area contributed by atoms with Crippen molar-refractivity contribution in [3.05, 3.63) is 30.1 Å². The van der Waals surface area contributed by atoms with Crippen LogP contribution in [-0.2, 0) is 11.3 Å². The third-order valence-corrected chi connectivity index (χ3v) is 3.42. The fourth-order valence-corrected chi connectivity index (χ4v) is 2.19. The van der Waals surface area contributed by atoms with Gasteiger partial charge in [0.25, 0.3) is 0 Å². The largest absolute Gasteiger partial charge is 0.334 e. The zero-order valence-corrected chi connectivity index (χ0v) is 11.6. The van der Waals surface area contributed by atoms with Gasteiger partial charge in [0.05, 0.1) is 12.2 Å². The summed E-state index contributed by atoms with van der Waals surface area (Å²) in [4.78, 5) is 18.6. The second-order valence-electron chi connectivity index (χ2n) is 5.44. The lowest BCUT2D eigenvalue weighted by atomic mass is 10.1. The molecular formula is C15H23N3O. The predicted molar refractivity (Wildman–Crippen MR) is 75.3 cm³/mol. The van der Waals surface area contributed by atoms with Crippen LogP contribution in [0.15, 0.2) is 24.4 Å². The fraction of sp³-hybridized carbons (Fsp3) is 0.600. The lowest BCUT2D eigenvalue weighted by Crippen LogP contribution is -2.33. The molecule has 2 N–H and O–H groups in total. The molecule has 1 aromatic heterocycles. The van der Waals surface area contributed by atoms with Crippen LogP contribution in [0.25, 0.3) is 0 Å². The second kappa shape index (κ2) is 6.66. The maximum Gasteiger partial charge on any atom is 0.223 e. The van der Waals surface area contributed by atoms with Gasteiger partial charge in [-0.3, -0.25) is 9.78 Å².